The first-order chi connectivity index (χ1) is 12.7. The quantitative estimate of drug-likeness (QED) is 0.734. The second kappa shape index (κ2) is 6.75. The molecule has 0 spiro atoms. The first-order valence-electron chi connectivity index (χ1n) is 9.48. The number of fused-ring (bicyclic) bond motifs is 5. The van der Waals surface area contributed by atoms with Crippen molar-refractivity contribution in [1.82, 2.24) is 0 Å². The Morgan fingerprint density at radius 1 is 0.962 bits per heavy atom. The Hall–Kier alpha value is -2.36. The molecule has 1 aromatic rings. The second-order valence-corrected chi connectivity index (χ2v) is 7.22. The summed E-state index contributed by atoms with van der Waals surface area (Å²) in [6, 6.07) is 10.2. The molecule has 136 valence electrons. The zero-order chi connectivity index (χ0) is 18.3. The highest BCUT2D eigenvalue weighted by Crippen LogP contribution is 2.71. The average molecular weight is 352 g/mol. The first kappa shape index (κ1) is 17.1. The van der Waals surface area contributed by atoms with Gasteiger partial charge in [0.25, 0.3) is 0 Å². The minimum atomic E-state index is -0.334. The van der Waals surface area contributed by atoms with Gasteiger partial charge in [-0.2, -0.15) is 0 Å². The Morgan fingerprint density at radius 3 is 2.00 bits per heavy atom. The molecule has 0 amide bonds. The van der Waals surface area contributed by atoms with Crippen molar-refractivity contribution >= 4 is 18.0 Å². The summed E-state index contributed by atoms with van der Waals surface area (Å²) in [5.41, 5.74) is 2.35. The predicted octanol–water partition coefficient (Wildman–Crippen LogP) is 3.63. The number of carbonyl (C=O) groups is 2. The minimum Gasteiger partial charge on any atom is -0.463 e. The maximum absolute atomic E-state index is 12.5. The van der Waals surface area contributed by atoms with E-state index in [4.69, 9.17) is 9.47 Å². The fraction of sp³-hybridized carbons (Fsp3) is 0.455. The van der Waals surface area contributed by atoms with Crippen LogP contribution < -0.4 is 0 Å². The molecule has 0 N–H and O–H groups in total. The van der Waals surface area contributed by atoms with Crippen molar-refractivity contribution in [2.45, 2.75) is 20.3 Å². The van der Waals surface area contributed by atoms with Gasteiger partial charge in [0, 0.05) is 0 Å². The lowest BCUT2D eigenvalue weighted by atomic mass is 9.92. The lowest BCUT2D eigenvalue weighted by Crippen LogP contribution is -2.22. The fourth-order valence-electron chi connectivity index (χ4n) is 5.05. The SMILES string of the molecule is CCOC(=O)C1=C(C(=O)OCC)C2CC1C1C(/C=C/c3ccccc3)C21. The molecule has 3 aliphatic carbocycles. The molecule has 4 rings (SSSR count). The van der Waals surface area contributed by atoms with Crippen LogP contribution in [0.2, 0.25) is 0 Å². The predicted molar refractivity (Wildman–Crippen MR) is 97.8 cm³/mol. The normalized spacial score (nSPS) is 31.2. The van der Waals surface area contributed by atoms with E-state index in [0.29, 0.717) is 42.1 Å². The van der Waals surface area contributed by atoms with Crippen molar-refractivity contribution in [3.05, 3.63) is 53.1 Å². The summed E-state index contributed by atoms with van der Waals surface area (Å²) in [4.78, 5) is 25.0. The van der Waals surface area contributed by atoms with Gasteiger partial charge in [-0.25, -0.2) is 9.59 Å². The maximum Gasteiger partial charge on any atom is 0.334 e. The molecule has 2 saturated carbocycles. The van der Waals surface area contributed by atoms with E-state index in [1.54, 1.807) is 13.8 Å². The van der Waals surface area contributed by atoms with Crippen LogP contribution in [-0.2, 0) is 19.1 Å². The largest absolute Gasteiger partial charge is 0.463 e. The summed E-state index contributed by atoms with van der Waals surface area (Å²) < 4.78 is 10.5. The molecular formula is C22H24O4. The third-order valence-corrected chi connectivity index (χ3v) is 5.96. The van der Waals surface area contributed by atoms with Crippen LogP contribution in [0.3, 0.4) is 0 Å². The van der Waals surface area contributed by atoms with E-state index < -0.39 is 0 Å². The van der Waals surface area contributed by atoms with Crippen LogP contribution in [0.25, 0.3) is 6.08 Å². The van der Waals surface area contributed by atoms with Gasteiger partial charge in [0.05, 0.1) is 24.4 Å². The van der Waals surface area contributed by atoms with Gasteiger partial charge in [-0.05, 0) is 55.4 Å². The van der Waals surface area contributed by atoms with Crippen molar-refractivity contribution in [2.75, 3.05) is 13.2 Å². The lowest BCUT2D eigenvalue weighted by molar-refractivity contribution is -0.142. The van der Waals surface area contributed by atoms with Crippen LogP contribution in [0.1, 0.15) is 25.8 Å². The summed E-state index contributed by atoms with van der Waals surface area (Å²) >= 11 is 0. The monoisotopic (exact) mass is 352 g/mol. The summed E-state index contributed by atoms with van der Waals surface area (Å²) in [5.74, 6) is 0.937. The second-order valence-electron chi connectivity index (χ2n) is 7.22. The molecule has 4 heteroatoms. The molecule has 2 fully saturated rings. The molecule has 0 radical (unpaired) electrons. The molecule has 0 aliphatic heterocycles. The van der Waals surface area contributed by atoms with E-state index in [-0.39, 0.29) is 23.8 Å². The molecule has 4 nitrogen and oxygen atoms in total. The van der Waals surface area contributed by atoms with Crippen LogP contribution in [0, 0.1) is 29.6 Å². The van der Waals surface area contributed by atoms with Crippen molar-refractivity contribution in [3.8, 4) is 0 Å². The van der Waals surface area contributed by atoms with E-state index in [1.807, 2.05) is 18.2 Å². The standard InChI is InChI=1S/C22H24O4/c1-3-25-21(23)19-15-12-16(20(19)22(24)26-4-2)18-14(17(15)18)11-10-13-8-6-5-7-9-13/h5-11,14-18H,3-4,12H2,1-2H3/b11-10+. The lowest BCUT2D eigenvalue weighted by Gasteiger charge is -2.16. The average Bonchev–Trinajstić information content (AvgIpc) is 3.07. The number of hydrogen-bond donors (Lipinski definition) is 0. The maximum atomic E-state index is 12.5. The van der Waals surface area contributed by atoms with E-state index in [2.05, 4.69) is 24.3 Å². The van der Waals surface area contributed by atoms with Crippen LogP contribution in [0.15, 0.2) is 47.6 Å². The highest BCUT2D eigenvalue weighted by Gasteiger charge is 2.68. The zero-order valence-corrected chi connectivity index (χ0v) is 15.2. The third kappa shape index (κ3) is 2.68. The van der Waals surface area contributed by atoms with Gasteiger partial charge < -0.3 is 9.47 Å². The van der Waals surface area contributed by atoms with Crippen molar-refractivity contribution in [1.29, 1.82) is 0 Å². The van der Waals surface area contributed by atoms with Gasteiger partial charge in [-0.3, -0.25) is 0 Å². The number of esters is 2. The van der Waals surface area contributed by atoms with Crippen molar-refractivity contribution in [2.24, 2.45) is 29.6 Å². The van der Waals surface area contributed by atoms with Crippen molar-refractivity contribution in [3.63, 3.8) is 0 Å². The van der Waals surface area contributed by atoms with Crippen molar-refractivity contribution < 1.29 is 19.1 Å². The number of ether oxygens (including phenoxy) is 2. The molecule has 0 heterocycles. The summed E-state index contributed by atoms with van der Waals surface area (Å²) in [6.45, 7) is 4.23. The first-order valence-corrected chi connectivity index (χ1v) is 9.48. The molecule has 2 bridgehead atoms. The summed E-state index contributed by atoms with van der Waals surface area (Å²) in [5, 5.41) is 0. The van der Waals surface area contributed by atoms with Crippen LogP contribution in [0.4, 0.5) is 0 Å². The fourth-order valence-corrected chi connectivity index (χ4v) is 5.05. The van der Waals surface area contributed by atoms with E-state index in [1.165, 1.54) is 5.56 Å². The Balaban J connectivity index is 1.57. The number of hydrogen-bond acceptors (Lipinski definition) is 4. The summed E-state index contributed by atoms with van der Waals surface area (Å²) in [7, 11) is 0. The minimum absolute atomic E-state index is 0.133. The molecule has 1 aromatic carbocycles. The molecule has 0 aromatic heterocycles. The van der Waals surface area contributed by atoms with Gasteiger partial charge >= 0.3 is 11.9 Å². The molecule has 4 atom stereocenters. The smallest absolute Gasteiger partial charge is 0.334 e. The number of allylic oxidation sites excluding steroid dienone is 1. The van der Waals surface area contributed by atoms with Crippen LogP contribution >= 0.6 is 0 Å². The number of carbonyl (C=O) groups excluding carboxylic acids is 2. The topological polar surface area (TPSA) is 52.6 Å². The molecule has 0 saturated heterocycles. The van der Waals surface area contributed by atoms with E-state index in [9.17, 15) is 9.59 Å². The Kier molecular flexibility index (Phi) is 4.43. The van der Waals surface area contributed by atoms with Gasteiger partial charge in [-0.15, -0.1) is 0 Å². The number of benzene rings is 1. The number of rotatable bonds is 6. The molecular weight excluding hydrogens is 328 g/mol. The Morgan fingerprint density at radius 2 is 1.50 bits per heavy atom. The van der Waals surface area contributed by atoms with Crippen LogP contribution in [-0.4, -0.2) is 25.2 Å². The van der Waals surface area contributed by atoms with Gasteiger partial charge in [-0.1, -0.05) is 42.5 Å². The van der Waals surface area contributed by atoms with Gasteiger partial charge in [0.1, 0.15) is 0 Å². The van der Waals surface area contributed by atoms with E-state index in [0.717, 1.165) is 6.42 Å². The van der Waals surface area contributed by atoms with Crippen LogP contribution in [0.5, 0.6) is 0 Å². The molecule has 3 aliphatic rings. The third-order valence-electron chi connectivity index (χ3n) is 5.96. The molecule has 26 heavy (non-hydrogen) atoms. The highest BCUT2D eigenvalue weighted by atomic mass is 16.5. The van der Waals surface area contributed by atoms with Gasteiger partial charge in [0.15, 0.2) is 0 Å². The van der Waals surface area contributed by atoms with Gasteiger partial charge in [0.2, 0.25) is 0 Å². The Bertz CT molecular complexity index is 737. The zero-order valence-electron chi connectivity index (χ0n) is 15.2. The Labute approximate surface area is 153 Å². The molecule has 4 unspecified atom stereocenters. The highest BCUT2D eigenvalue weighted by molar-refractivity contribution is 6.03. The van der Waals surface area contributed by atoms with E-state index >= 15 is 0 Å². The summed E-state index contributed by atoms with van der Waals surface area (Å²) in [6.07, 6.45) is 5.28.